The highest BCUT2D eigenvalue weighted by atomic mass is 79.9. The molecule has 0 N–H and O–H groups in total. The van der Waals surface area contributed by atoms with E-state index in [1.54, 1.807) is 7.11 Å². The Bertz CT molecular complexity index is 599. The molecule has 0 aliphatic rings. The lowest BCUT2D eigenvalue weighted by Gasteiger charge is -2.12. The van der Waals surface area contributed by atoms with Crippen LogP contribution in [0.5, 0.6) is 11.5 Å². The van der Waals surface area contributed by atoms with Crippen LogP contribution in [0.4, 0.5) is 0 Å². The zero-order valence-corrected chi connectivity index (χ0v) is 13.8. The zero-order chi connectivity index (χ0) is 14.5. The summed E-state index contributed by atoms with van der Waals surface area (Å²) in [6, 6.07) is 11.9. The van der Waals surface area contributed by atoms with E-state index in [1.807, 2.05) is 43.3 Å². The van der Waals surface area contributed by atoms with Crippen molar-refractivity contribution in [2.45, 2.75) is 19.4 Å². The predicted molar refractivity (Wildman–Crippen MR) is 85.8 cm³/mol. The summed E-state index contributed by atoms with van der Waals surface area (Å²) in [6.45, 7) is 2.54. The number of hydrogen-bond donors (Lipinski definition) is 0. The van der Waals surface area contributed by atoms with Gasteiger partial charge in [0.2, 0.25) is 0 Å². The number of methoxy groups -OCH3 is 1. The molecule has 2 aromatic rings. The third kappa shape index (κ3) is 3.68. The second-order valence-corrected chi connectivity index (χ2v) is 5.62. The number of alkyl halides is 1. The van der Waals surface area contributed by atoms with E-state index in [9.17, 15) is 0 Å². The largest absolute Gasteiger partial charge is 0.496 e. The van der Waals surface area contributed by atoms with E-state index in [1.165, 1.54) is 5.56 Å². The van der Waals surface area contributed by atoms with Crippen LogP contribution in [-0.4, -0.2) is 7.11 Å². The number of hydrogen-bond acceptors (Lipinski definition) is 2. The Labute approximate surface area is 132 Å². The smallest absolute Gasteiger partial charge is 0.133 e. The molecule has 0 saturated heterocycles. The highest BCUT2D eigenvalue weighted by molar-refractivity contribution is 9.10. The van der Waals surface area contributed by atoms with E-state index in [2.05, 4.69) is 15.9 Å². The molecule has 0 atom stereocenters. The standard InChI is InChI=1S/C16H16BrClO2/c1-11-3-5-15(13(7-11)9-18)20-10-12-4-6-16(19-2)14(17)8-12/h3-8H,9-10H2,1-2H3. The van der Waals surface area contributed by atoms with Crippen LogP contribution >= 0.6 is 27.5 Å². The molecule has 0 unspecified atom stereocenters. The molecule has 0 aromatic heterocycles. The third-order valence-electron chi connectivity index (χ3n) is 2.97. The predicted octanol–water partition coefficient (Wildman–Crippen LogP) is 5.08. The van der Waals surface area contributed by atoms with Gasteiger partial charge < -0.3 is 9.47 Å². The van der Waals surface area contributed by atoms with Gasteiger partial charge in [0.15, 0.2) is 0 Å². The van der Waals surface area contributed by atoms with Crippen LogP contribution in [0.25, 0.3) is 0 Å². The quantitative estimate of drug-likeness (QED) is 0.696. The molecule has 0 spiro atoms. The summed E-state index contributed by atoms with van der Waals surface area (Å²) in [5.74, 6) is 2.09. The Morgan fingerprint density at radius 1 is 1.10 bits per heavy atom. The fourth-order valence-electron chi connectivity index (χ4n) is 1.91. The summed E-state index contributed by atoms with van der Waals surface area (Å²) in [6.07, 6.45) is 0. The fourth-order valence-corrected chi connectivity index (χ4v) is 2.71. The van der Waals surface area contributed by atoms with Crippen molar-refractivity contribution >= 4 is 27.5 Å². The molecule has 2 rings (SSSR count). The van der Waals surface area contributed by atoms with E-state index in [0.717, 1.165) is 27.1 Å². The molecule has 106 valence electrons. The van der Waals surface area contributed by atoms with E-state index in [-0.39, 0.29) is 0 Å². The van der Waals surface area contributed by atoms with Crippen LogP contribution in [0.15, 0.2) is 40.9 Å². The Morgan fingerprint density at radius 2 is 1.85 bits per heavy atom. The molecule has 0 heterocycles. The molecule has 0 bridgehead atoms. The van der Waals surface area contributed by atoms with E-state index >= 15 is 0 Å². The van der Waals surface area contributed by atoms with Gasteiger partial charge >= 0.3 is 0 Å². The highest BCUT2D eigenvalue weighted by Gasteiger charge is 2.05. The van der Waals surface area contributed by atoms with Crippen molar-refractivity contribution in [3.05, 3.63) is 57.6 Å². The van der Waals surface area contributed by atoms with Crippen LogP contribution in [-0.2, 0) is 12.5 Å². The van der Waals surface area contributed by atoms with Gasteiger partial charge in [-0.1, -0.05) is 23.8 Å². The van der Waals surface area contributed by atoms with Crippen LogP contribution in [0, 0.1) is 6.92 Å². The van der Waals surface area contributed by atoms with E-state index in [4.69, 9.17) is 21.1 Å². The maximum Gasteiger partial charge on any atom is 0.133 e. The maximum atomic E-state index is 5.95. The molecule has 2 nitrogen and oxygen atoms in total. The van der Waals surface area contributed by atoms with Gasteiger partial charge in [-0.2, -0.15) is 0 Å². The van der Waals surface area contributed by atoms with Gasteiger partial charge in [-0.15, -0.1) is 11.6 Å². The van der Waals surface area contributed by atoms with Gasteiger partial charge in [-0.05, 0) is 46.6 Å². The van der Waals surface area contributed by atoms with Gasteiger partial charge in [0, 0.05) is 5.56 Å². The molecule has 0 amide bonds. The summed E-state index contributed by atoms with van der Waals surface area (Å²) >= 11 is 9.42. The summed E-state index contributed by atoms with van der Waals surface area (Å²) in [5, 5.41) is 0. The third-order valence-corrected chi connectivity index (χ3v) is 3.88. The lowest BCUT2D eigenvalue weighted by atomic mass is 10.1. The van der Waals surface area contributed by atoms with Crippen molar-refractivity contribution in [3.8, 4) is 11.5 Å². The van der Waals surface area contributed by atoms with Crippen molar-refractivity contribution in [1.82, 2.24) is 0 Å². The SMILES string of the molecule is COc1ccc(COc2ccc(C)cc2CCl)cc1Br. The van der Waals surface area contributed by atoms with E-state index in [0.29, 0.717) is 12.5 Å². The summed E-state index contributed by atoms with van der Waals surface area (Å²) in [4.78, 5) is 0. The fraction of sp³-hybridized carbons (Fsp3) is 0.250. The first-order valence-electron chi connectivity index (χ1n) is 6.24. The lowest BCUT2D eigenvalue weighted by molar-refractivity contribution is 0.303. The van der Waals surface area contributed by atoms with Gasteiger partial charge in [0.1, 0.15) is 18.1 Å². The first-order valence-corrected chi connectivity index (χ1v) is 7.57. The molecule has 0 fully saturated rings. The molecular formula is C16H16BrClO2. The minimum atomic E-state index is 0.448. The number of ether oxygens (including phenoxy) is 2. The number of rotatable bonds is 5. The normalized spacial score (nSPS) is 10.4. The number of benzene rings is 2. The second-order valence-electron chi connectivity index (χ2n) is 4.50. The molecule has 0 aliphatic heterocycles. The molecular weight excluding hydrogens is 340 g/mol. The lowest BCUT2D eigenvalue weighted by Crippen LogP contribution is -1.98. The average molecular weight is 356 g/mol. The molecule has 0 radical (unpaired) electrons. The van der Waals surface area contributed by atoms with E-state index < -0.39 is 0 Å². The summed E-state index contributed by atoms with van der Waals surface area (Å²) < 4.78 is 12.0. The van der Waals surface area contributed by atoms with Crippen molar-refractivity contribution in [2.24, 2.45) is 0 Å². The minimum absolute atomic E-state index is 0.448. The van der Waals surface area contributed by atoms with Gasteiger partial charge in [-0.25, -0.2) is 0 Å². The van der Waals surface area contributed by atoms with Crippen molar-refractivity contribution in [3.63, 3.8) is 0 Å². The zero-order valence-electron chi connectivity index (χ0n) is 11.5. The van der Waals surface area contributed by atoms with Crippen LogP contribution < -0.4 is 9.47 Å². The minimum Gasteiger partial charge on any atom is -0.496 e. The van der Waals surface area contributed by atoms with Crippen LogP contribution in [0.3, 0.4) is 0 Å². The molecule has 0 aliphatic carbocycles. The first kappa shape index (κ1) is 15.2. The van der Waals surface area contributed by atoms with Gasteiger partial charge in [0.25, 0.3) is 0 Å². The van der Waals surface area contributed by atoms with Crippen molar-refractivity contribution < 1.29 is 9.47 Å². The molecule has 2 aromatic carbocycles. The van der Waals surface area contributed by atoms with Crippen molar-refractivity contribution in [1.29, 1.82) is 0 Å². The Balaban J connectivity index is 2.10. The van der Waals surface area contributed by atoms with Crippen LogP contribution in [0.2, 0.25) is 0 Å². The number of aryl methyl sites for hydroxylation is 1. The average Bonchev–Trinajstić information content (AvgIpc) is 2.46. The maximum absolute atomic E-state index is 5.95. The van der Waals surface area contributed by atoms with Crippen LogP contribution in [0.1, 0.15) is 16.7 Å². The summed E-state index contributed by atoms with van der Waals surface area (Å²) in [7, 11) is 1.65. The van der Waals surface area contributed by atoms with Gasteiger partial charge in [-0.3, -0.25) is 0 Å². The highest BCUT2D eigenvalue weighted by Crippen LogP contribution is 2.27. The Hall–Kier alpha value is -1.19. The topological polar surface area (TPSA) is 18.5 Å². The Kier molecular flexibility index (Phi) is 5.32. The number of halogens is 2. The monoisotopic (exact) mass is 354 g/mol. The molecule has 20 heavy (non-hydrogen) atoms. The summed E-state index contributed by atoms with van der Waals surface area (Å²) in [5.41, 5.74) is 3.26. The first-order chi connectivity index (χ1) is 9.63. The van der Waals surface area contributed by atoms with Crippen molar-refractivity contribution in [2.75, 3.05) is 7.11 Å². The molecule has 4 heteroatoms. The Morgan fingerprint density at radius 3 is 2.50 bits per heavy atom. The van der Waals surface area contributed by atoms with Gasteiger partial charge in [0.05, 0.1) is 17.5 Å². The molecule has 0 saturated carbocycles. The second kappa shape index (κ2) is 7.00.